The van der Waals surface area contributed by atoms with E-state index < -0.39 is 7.82 Å². The highest BCUT2D eigenvalue weighted by Crippen LogP contribution is 2.36. The minimum Gasteiger partial charge on any atom is -0.378 e. The summed E-state index contributed by atoms with van der Waals surface area (Å²) in [5.41, 5.74) is 2.95. The van der Waals surface area contributed by atoms with E-state index in [0.717, 1.165) is 5.75 Å². The van der Waals surface area contributed by atoms with E-state index in [-0.39, 0.29) is 12.7 Å². The highest BCUT2D eigenvalue weighted by molar-refractivity contribution is 7.99. The Kier molecular flexibility index (Phi) is 18.5. The Morgan fingerprint density at radius 1 is 0.818 bits per heavy atom. The summed E-state index contributed by atoms with van der Waals surface area (Å²) in [5.74, 6) is 1.73. The maximum absolute atomic E-state index is 10.7. The van der Waals surface area contributed by atoms with Crippen molar-refractivity contribution in [1.82, 2.24) is 0 Å². The molecule has 1 atom stereocenters. The molecule has 0 aliphatic heterocycles. The highest BCUT2D eigenvalue weighted by atomic mass is 32.2. The molecule has 0 fully saturated rings. The van der Waals surface area contributed by atoms with Gasteiger partial charge >= 0.3 is 7.82 Å². The molecule has 0 bridgehead atoms. The van der Waals surface area contributed by atoms with Gasteiger partial charge < -0.3 is 14.5 Å². The Hall–Kier alpha value is -0.360. The predicted octanol–water partition coefficient (Wildman–Crippen LogP) is 7.33. The molecule has 1 rings (SSSR count). The minimum absolute atomic E-state index is 0.0738. The van der Waals surface area contributed by atoms with Crippen molar-refractivity contribution in [3.05, 3.63) is 35.4 Å². The van der Waals surface area contributed by atoms with E-state index in [1.165, 1.54) is 101 Å². The summed E-state index contributed by atoms with van der Waals surface area (Å²) in [6.07, 6.45) is 17.8. The number of hydrogen-bond acceptors (Lipinski definition) is 4. The van der Waals surface area contributed by atoms with Gasteiger partial charge in [-0.25, -0.2) is 4.57 Å². The third-order valence-electron chi connectivity index (χ3n) is 5.91. The van der Waals surface area contributed by atoms with Crippen molar-refractivity contribution >= 4 is 19.6 Å². The average Bonchev–Trinajstić information content (AvgIpc) is 2.79. The molecule has 0 heterocycles. The van der Waals surface area contributed by atoms with Crippen LogP contribution in [0.5, 0.6) is 0 Å². The van der Waals surface area contributed by atoms with Crippen LogP contribution in [0.3, 0.4) is 0 Å². The largest absolute Gasteiger partial charge is 0.469 e. The maximum atomic E-state index is 10.7. The Morgan fingerprint density at radius 2 is 1.30 bits per heavy atom. The van der Waals surface area contributed by atoms with E-state index in [1.54, 1.807) is 18.9 Å². The highest BCUT2D eigenvalue weighted by Gasteiger charge is 2.17. The molecule has 0 spiro atoms. The van der Waals surface area contributed by atoms with Crippen LogP contribution in [0.4, 0.5) is 0 Å². The second kappa shape index (κ2) is 19.9. The molecule has 1 aromatic rings. The fourth-order valence-electron chi connectivity index (χ4n) is 3.80. The van der Waals surface area contributed by atoms with Gasteiger partial charge in [-0.2, -0.15) is 11.8 Å². The van der Waals surface area contributed by atoms with Crippen molar-refractivity contribution < 1.29 is 23.6 Å². The van der Waals surface area contributed by atoms with Gasteiger partial charge in [-0.05, 0) is 49.0 Å². The summed E-state index contributed by atoms with van der Waals surface area (Å²) in [7, 11) is -2.88. The maximum Gasteiger partial charge on any atom is 0.469 e. The summed E-state index contributed by atoms with van der Waals surface area (Å²) in [6, 6.07) is 9.29. The number of unbranched alkanes of at least 4 members (excludes halogenated alkanes) is 10. The van der Waals surface area contributed by atoms with Gasteiger partial charge in [0, 0.05) is 12.9 Å². The van der Waals surface area contributed by atoms with Gasteiger partial charge in [0.25, 0.3) is 0 Å². The SMILES string of the molecule is CCCCCCCCc1ccc(CCCCCCCCSCC(COP(=O)(O)O)OC)cc1. The van der Waals surface area contributed by atoms with Crippen LogP contribution in [0, 0.1) is 0 Å². The summed E-state index contributed by atoms with van der Waals surface area (Å²) >= 11 is 1.75. The van der Waals surface area contributed by atoms with Crippen LogP contribution >= 0.6 is 19.6 Å². The van der Waals surface area contributed by atoms with Gasteiger partial charge in [0.05, 0.1) is 12.7 Å². The normalized spacial score (nSPS) is 12.8. The van der Waals surface area contributed by atoms with E-state index in [2.05, 4.69) is 35.7 Å². The van der Waals surface area contributed by atoms with Crippen molar-refractivity contribution in [1.29, 1.82) is 0 Å². The van der Waals surface area contributed by atoms with Gasteiger partial charge in [-0.15, -0.1) is 0 Å². The van der Waals surface area contributed by atoms with Gasteiger partial charge in [0.1, 0.15) is 0 Å². The zero-order chi connectivity index (χ0) is 24.2. The van der Waals surface area contributed by atoms with Gasteiger partial charge in [0.2, 0.25) is 0 Å². The van der Waals surface area contributed by atoms with E-state index in [1.807, 2.05) is 0 Å². The number of rotatable bonds is 22. The lowest BCUT2D eigenvalue weighted by atomic mass is 10.0. The van der Waals surface area contributed by atoms with Crippen molar-refractivity contribution in [2.45, 2.75) is 103 Å². The number of thioether (sulfide) groups is 1. The first-order chi connectivity index (χ1) is 15.9. The third-order valence-corrected chi connectivity index (χ3v) is 7.58. The van der Waals surface area contributed by atoms with Crippen molar-refractivity contribution in [2.75, 3.05) is 25.2 Å². The van der Waals surface area contributed by atoms with Crippen LogP contribution in [0.15, 0.2) is 24.3 Å². The second-order valence-electron chi connectivity index (χ2n) is 8.92. The lowest BCUT2D eigenvalue weighted by Crippen LogP contribution is -2.20. The number of methoxy groups -OCH3 is 1. The first-order valence-electron chi connectivity index (χ1n) is 12.8. The predicted molar refractivity (Wildman–Crippen MR) is 141 cm³/mol. The van der Waals surface area contributed by atoms with E-state index >= 15 is 0 Å². The molecule has 0 saturated heterocycles. The van der Waals surface area contributed by atoms with Gasteiger partial charge in [0.15, 0.2) is 0 Å². The van der Waals surface area contributed by atoms with Gasteiger partial charge in [-0.3, -0.25) is 4.52 Å². The topological polar surface area (TPSA) is 76.0 Å². The van der Waals surface area contributed by atoms with Crippen molar-refractivity contribution in [3.63, 3.8) is 0 Å². The molecule has 0 saturated carbocycles. The summed E-state index contributed by atoms with van der Waals surface area (Å²) < 4.78 is 20.5. The Bertz CT molecular complexity index is 620. The molecule has 192 valence electrons. The molecule has 0 aromatic heterocycles. The molecule has 0 amide bonds. The number of hydrogen-bond donors (Lipinski definition) is 2. The summed E-state index contributed by atoms with van der Waals surface area (Å²) in [4.78, 5) is 17.5. The number of phosphoric ester groups is 1. The summed E-state index contributed by atoms with van der Waals surface area (Å²) in [5, 5.41) is 0. The molecular formula is C26H47O5PS. The monoisotopic (exact) mass is 502 g/mol. The Morgan fingerprint density at radius 3 is 1.79 bits per heavy atom. The second-order valence-corrected chi connectivity index (χ2v) is 11.3. The quantitative estimate of drug-likeness (QED) is 0.128. The summed E-state index contributed by atoms with van der Waals surface area (Å²) in [6.45, 7) is 2.19. The number of ether oxygens (including phenoxy) is 1. The molecule has 5 nitrogen and oxygen atoms in total. The number of phosphoric acid groups is 1. The van der Waals surface area contributed by atoms with Crippen molar-refractivity contribution in [3.8, 4) is 0 Å². The zero-order valence-corrected chi connectivity index (χ0v) is 22.6. The molecule has 0 aliphatic rings. The number of benzene rings is 1. The van der Waals surface area contributed by atoms with Crippen LogP contribution in [0.1, 0.15) is 95.1 Å². The standard InChI is InChI=1S/C26H47O5PS/c1-3-4-5-6-9-12-15-24-17-19-25(20-18-24)16-13-10-7-8-11-14-21-33-23-26(30-2)22-31-32(27,28)29/h17-20,26H,3-16,21-23H2,1-2H3,(H2,27,28,29). The van der Waals surface area contributed by atoms with Gasteiger partial charge in [-0.1, -0.05) is 89.0 Å². The molecule has 2 N–H and O–H groups in total. The van der Waals surface area contributed by atoms with Crippen molar-refractivity contribution in [2.24, 2.45) is 0 Å². The van der Waals surface area contributed by atoms with E-state index in [9.17, 15) is 4.57 Å². The third kappa shape index (κ3) is 18.6. The van der Waals surface area contributed by atoms with Crippen LogP contribution in [0.2, 0.25) is 0 Å². The van der Waals surface area contributed by atoms with Crippen LogP contribution < -0.4 is 0 Å². The van der Waals surface area contributed by atoms with E-state index in [4.69, 9.17) is 14.5 Å². The van der Waals surface area contributed by atoms with Crippen LogP contribution in [-0.4, -0.2) is 41.1 Å². The lowest BCUT2D eigenvalue weighted by Gasteiger charge is -2.15. The fraction of sp³-hybridized carbons (Fsp3) is 0.769. The molecule has 7 heteroatoms. The first kappa shape index (κ1) is 30.7. The Labute approximate surface area is 206 Å². The smallest absolute Gasteiger partial charge is 0.378 e. The first-order valence-corrected chi connectivity index (χ1v) is 15.5. The van der Waals surface area contributed by atoms with Crippen LogP contribution in [-0.2, 0) is 26.7 Å². The minimum atomic E-state index is -4.42. The average molecular weight is 503 g/mol. The molecule has 0 aliphatic carbocycles. The number of aryl methyl sites for hydroxylation is 2. The molecule has 0 radical (unpaired) electrons. The molecular weight excluding hydrogens is 455 g/mol. The molecule has 1 aromatic carbocycles. The lowest BCUT2D eigenvalue weighted by molar-refractivity contribution is 0.0605. The Balaban J connectivity index is 1.96. The molecule has 1 unspecified atom stereocenters. The molecule has 33 heavy (non-hydrogen) atoms. The zero-order valence-electron chi connectivity index (χ0n) is 20.9. The fourth-order valence-corrected chi connectivity index (χ4v) is 5.23. The van der Waals surface area contributed by atoms with E-state index in [0.29, 0.717) is 5.75 Å². The van der Waals surface area contributed by atoms with Crippen LogP contribution in [0.25, 0.3) is 0 Å².